The summed E-state index contributed by atoms with van der Waals surface area (Å²) in [6, 6.07) is 3.52. The molecule has 100 valence electrons. The van der Waals surface area contributed by atoms with Crippen molar-refractivity contribution < 1.29 is 24.1 Å². The average molecular weight is 254 g/mol. The van der Waals surface area contributed by atoms with Crippen LogP contribution in [0.1, 0.15) is 18.4 Å². The molecule has 0 unspecified atom stereocenters. The Bertz CT molecular complexity index is 391. The smallest absolute Gasteiger partial charge is 0.231 e. The minimum Gasteiger partial charge on any atom is -0.493 e. The molecule has 0 bridgehead atoms. The zero-order valence-electron chi connectivity index (χ0n) is 10.5. The molecule has 0 amide bonds. The summed E-state index contributed by atoms with van der Waals surface area (Å²) in [5.41, 5.74) is 0.714. The van der Waals surface area contributed by atoms with Crippen LogP contribution < -0.4 is 14.2 Å². The van der Waals surface area contributed by atoms with Crippen LogP contribution in [0.5, 0.6) is 17.2 Å². The minimum absolute atomic E-state index is 0.0793. The lowest BCUT2D eigenvalue weighted by Crippen LogP contribution is -2.02. The number of hydrogen-bond acceptors (Lipinski definition) is 5. The number of unbranched alkanes of at least 4 members (excludes halogenated alkanes) is 1. The summed E-state index contributed by atoms with van der Waals surface area (Å²) < 4.78 is 21.1. The number of methoxy groups -OCH3 is 1. The van der Waals surface area contributed by atoms with E-state index in [0.717, 1.165) is 19.4 Å². The van der Waals surface area contributed by atoms with Gasteiger partial charge in [-0.3, -0.25) is 0 Å². The van der Waals surface area contributed by atoms with Gasteiger partial charge in [-0.2, -0.15) is 0 Å². The zero-order chi connectivity index (χ0) is 12.8. The molecular weight excluding hydrogens is 236 g/mol. The van der Waals surface area contributed by atoms with Crippen molar-refractivity contribution in [2.75, 3.05) is 27.1 Å². The van der Waals surface area contributed by atoms with Gasteiger partial charge >= 0.3 is 0 Å². The maximum atomic E-state index is 9.29. The third-order valence-electron chi connectivity index (χ3n) is 2.73. The molecule has 1 aliphatic heterocycles. The Kier molecular flexibility index (Phi) is 4.66. The van der Waals surface area contributed by atoms with Gasteiger partial charge in [0.05, 0.1) is 13.2 Å². The van der Waals surface area contributed by atoms with Crippen LogP contribution in [0.15, 0.2) is 12.1 Å². The van der Waals surface area contributed by atoms with Gasteiger partial charge in [-0.25, -0.2) is 0 Å². The third kappa shape index (κ3) is 3.05. The summed E-state index contributed by atoms with van der Waals surface area (Å²) >= 11 is 0. The molecule has 2 rings (SSSR count). The molecule has 1 heterocycles. The van der Waals surface area contributed by atoms with E-state index in [-0.39, 0.29) is 13.4 Å². The Labute approximate surface area is 106 Å². The van der Waals surface area contributed by atoms with E-state index in [1.165, 1.54) is 0 Å². The predicted molar refractivity (Wildman–Crippen MR) is 65.1 cm³/mol. The quantitative estimate of drug-likeness (QED) is 0.751. The second kappa shape index (κ2) is 6.47. The highest BCUT2D eigenvalue weighted by atomic mass is 16.7. The van der Waals surface area contributed by atoms with Crippen LogP contribution in [0, 0.1) is 0 Å². The van der Waals surface area contributed by atoms with E-state index in [9.17, 15) is 5.11 Å². The zero-order valence-corrected chi connectivity index (χ0v) is 10.5. The molecule has 18 heavy (non-hydrogen) atoms. The number of benzene rings is 1. The van der Waals surface area contributed by atoms with E-state index in [1.54, 1.807) is 19.2 Å². The van der Waals surface area contributed by atoms with Crippen LogP contribution in [0.25, 0.3) is 0 Å². The van der Waals surface area contributed by atoms with Crippen molar-refractivity contribution in [1.29, 1.82) is 0 Å². The van der Waals surface area contributed by atoms with Gasteiger partial charge in [-0.1, -0.05) is 0 Å². The Morgan fingerprint density at radius 1 is 1.17 bits per heavy atom. The molecule has 0 aromatic heterocycles. The largest absolute Gasteiger partial charge is 0.493 e. The van der Waals surface area contributed by atoms with E-state index < -0.39 is 0 Å². The molecular formula is C13H18O5. The van der Waals surface area contributed by atoms with Crippen molar-refractivity contribution in [2.45, 2.75) is 19.4 Å². The highest BCUT2D eigenvalue weighted by Gasteiger charge is 2.17. The molecule has 1 aromatic rings. The van der Waals surface area contributed by atoms with Crippen molar-refractivity contribution in [1.82, 2.24) is 0 Å². The number of ether oxygens (including phenoxy) is 4. The minimum atomic E-state index is -0.0793. The van der Waals surface area contributed by atoms with Crippen LogP contribution in [0.4, 0.5) is 0 Å². The van der Waals surface area contributed by atoms with Gasteiger partial charge in [-0.15, -0.1) is 0 Å². The lowest BCUT2D eigenvalue weighted by molar-refractivity contribution is 0.173. The molecule has 1 aromatic carbocycles. The van der Waals surface area contributed by atoms with Gasteiger partial charge in [0, 0.05) is 25.3 Å². The summed E-state index contributed by atoms with van der Waals surface area (Å²) in [5.74, 6) is 1.98. The summed E-state index contributed by atoms with van der Waals surface area (Å²) in [5, 5.41) is 9.29. The Morgan fingerprint density at radius 3 is 2.61 bits per heavy atom. The normalized spacial score (nSPS) is 12.8. The molecule has 0 saturated carbocycles. The number of aliphatic hydroxyl groups excluding tert-OH is 1. The predicted octanol–water partition coefficient (Wildman–Crippen LogP) is 1.71. The fourth-order valence-corrected chi connectivity index (χ4v) is 1.75. The van der Waals surface area contributed by atoms with Gasteiger partial charge in [0.1, 0.15) is 5.75 Å². The fourth-order valence-electron chi connectivity index (χ4n) is 1.75. The molecule has 0 saturated heterocycles. The molecule has 0 spiro atoms. The second-order valence-corrected chi connectivity index (χ2v) is 4.02. The molecule has 0 aliphatic carbocycles. The first-order valence-corrected chi connectivity index (χ1v) is 6.00. The monoisotopic (exact) mass is 254 g/mol. The molecule has 0 radical (unpaired) electrons. The van der Waals surface area contributed by atoms with Gasteiger partial charge in [0.15, 0.2) is 11.5 Å². The number of hydrogen-bond donors (Lipinski definition) is 1. The lowest BCUT2D eigenvalue weighted by Gasteiger charge is -2.11. The molecule has 0 fully saturated rings. The van der Waals surface area contributed by atoms with Gasteiger partial charge in [-0.05, 0) is 18.9 Å². The summed E-state index contributed by atoms with van der Waals surface area (Å²) in [7, 11) is 1.68. The first-order valence-electron chi connectivity index (χ1n) is 6.00. The Morgan fingerprint density at radius 2 is 1.89 bits per heavy atom. The van der Waals surface area contributed by atoms with Crippen LogP contribution in [-0.4, -0.2) is 32.2 Å². The summed E-state index contributed by atoms with van der Waals surface area (Å²) in [4.78, 5) is 0. The topological polar surface area (TPSA) is 57.2 Å². The van der Waals surface area contributed by atoms with Crippen LogP contribution in [0.2, 0.25) is 0 Å². The number of rotatable bonds is 7. The maximum absolute atomic E-state index is 9.29. The highest BCUT2D eigenvalue weighted by Crippen LogP contribution is 2.38. The second-order valence-electron chi connectivity index (χ2n) is 4.02. The molecule has 1 N–H and O–H groups in total. The van der Waals surface area contributed by atoms with E-state index >= 15 is 0 Å². The molecule has 1 aliphatic rings. The van der Waals surface area contributed by atoms with Crippen molar-refractivity contribution in [3.8, 4) is 17.2 Å². The van der Waals surface area contributed by atoms with Crippen molar-refractivity contribution >= 4 is 0 Å². The van der Waals surface area contributed by atoms with E-state index in [0.29, 0.717) is 29.4 Å². The third-order valence-corrected chi connectivity index (χ3v) is 2.73. The highest BCUT2D eigenvalue weighted by molar-refractivity contribution is 5.51. The van der Waals surface area contributed by atoms with Crippen molar-refractivity contribution in [3.05, 3.63) is 17.7 Å². The molecule has 5 heteroatoms. The van der Waals surface area contributed by atoms with E-state index in [1.807, 2.05) is 0 Å². The van der Waals surface area contributed by atoms with Gasteiger partial charge in [0.25, 0.3) is 0 Å². The first-order chi connectivity index (χ1) is 8.85. The van der Waals surface area contributed by atoms with E-state index in [2.05, 4.69) is 0 Å². The standard InChI is InChI=1S/C13H18O5/c1-15-4-2-3-5-16-11-7-13-12(17-9-18-13)6-10(11)8-14/h6-7,14H,2-5,8-9H2,1H3. The van der Waals surface area contributed by atoms with Crippen molar-refractivity contribution in [3.63, 3.8) is 0 Å². The lowest BCUT2D eigenvalue weighted by atomic mass is 10.2. The van der Waals surface area contributed by atoms with Crippen LogP contribution in [-0.2, 0) is 11.3 Å². The van der Waals surface area contributed by atoms with Gasteiger partial charge < -0.3 is 24.1 Å². The van der Waals surface area contributed by atoms with E-state index in [4.69, 9.17) is 18.9 Å². The Balaban J connectivity index is 1.94. The number of fused-ring (bicyclic) bond motifs is 1. The van der Waals surface area contributed by atoms with Crippen LogP contribution in [0.3, 0.4) is 0 Å². The molecule has 5 nitrogen and oxygen atoms in total. The fraction of sp³-hybridized carbons (Fsp3) is 0.538. The van der Waals surface area contributed by atoms with Gasteiger partial charge in [0.2, 0.25) is 6.79 Å². The molecule has 0 atom stereocenters. The summed E-state index contributed by atoms with van der Waals surface area (Å²) in [6.45, 7) is 1.47. The SMILES string of the molecule is COCCCCOc1cc2c(cc1CO)OCO2. The van der Waals surface area contributed by atoms with Crippen molar-refractivity contribution in [2.24, 2.45) is 0 Å². The summed E-state index contributed by atoms with van der Waals surface area (Å²) in [6.07, 6.45) is 1.86. The average Bonchev–Trinajstić information content (AvgIpc) is 2.84. The maximum Gasteiger partial charge on any atom is 0.231 e. The Hall–Kier alpha value is -1.46. The number of aliphatic hydroxyl groups is 1. The first kappa shape index (κ1) is 13.0. The van der Waals surface area contributed by atoms with Crippen LogP contribution >= 0.6 is 0 Å².